The van der Waals surface area contributed by atoms with Crippen molar-refractivity contribution < 1.29 is 17.6 Å². The number of nitrogens with one attached hydrogen (secondary N) is 1. The number of hydrogen-bond acceptors (Lipinski definition) is 2. The monoisotopic (exact) mass is 335 g/mol. The summed E-state index contributed by atoms with van der Waals surface area (Å²) in [7, 11) is 0. The minimum atomic E-state index is -4.30. The van der Waals surface area contributed by atoms with Crippen LogP contribution < -0.4 is 5.32 Å². The molecule has 0 aliphatic rings. The van der Waals surface area contributed by atoms with Gasteiger partial charge in [-0.25, -0.2) is 4.39 Å². The summed E-state index contributed by atoms with van der Waals surface area (Å²) in [4.78, 5) is 0.113. The van der Waals surface area contributed by atoms with Crippen molar-refractivity contribution in [3.8, 4) is 0 Å². The summed E-state index contributed by atoms with van der Waals surface area (Å²) < 4.78 is 49.7. The van der Waals surface area contributed by atoms with Crippen LogP contribution in [0.5, 0.6) is 0 Å². The number of anilines is 1. The van der Waals surface area contributed by atoms with E-state index >= 15 is 0 Å². The third-order valence-corrected chi connectivity index (χ3v) is 3.46. The number of rotatable bonds is 4. The second kappa shape index (κ2) is 6.58. The van der Waals surface area contributed by atoms with Gasteiger partial charge in [0.15, 0.2) is 0 Å². The van der Waals surface area contributed by atoms with Gasteiger partial charge in [0.2, 0.25) is 0 Å². The van der Waals surface area contributed by atoms with Crippen LogP contribution in [0.25, 0.3) is 0 Å². The molecule has 112 valence electrons. The van der Waals surface area contributed by atoms with Crippen molar-refractivity contribution in [2.45, 2.75) is 16.9 Å². The molecule has 0 aliphatic carbocycles. The lowest BCUT2D eigenvalue weighted by Gasteiger charge is -2.09. The number of benzene rings is 2. The standard InChI is InChI=1S/C14H10ClF4NS/c15-10-5-9(6-11(16)7-10)8-20-12-1-3-13(4-2-12)21-14(17,18)19/h1-7,20H,8H2. The summed E-state index contributed by atoms with van der Waals surface area (Å²) in [5.74, 6) is -0.434. The van der Waals surface area contributed by atoms with Crippen molar-refractivity contribution in [1.82, 2.24) is 0 Å². The number of alkyl halides is 3. The van der Waals surface area contributed by atoms with Gasteiger partial charge in [0.25, 0.3) is 0 Å². The van der Waals surface area contributed by atoms with E-state index in [1.54, 1.807) is 6.07 Å². The van der Waals surface area contributed by atoms with Gasteiger partial charge >= 0.3 is 5.51 Å². The predicted octanol–water partition coefficient (Wildman–Crippen LogP) is 5.70. The summed E-state index contributed by atoms with van der Waals surface area (Å²) >= 11 is 5.57. The second-order valence-corrected chi connectivity index (χ2v) is 5.78. The molecule has 0 saturated heterocycles. The molecule has 21 heavy (non-hydrogen) atoms. The van der Waals surface area contributed by atoms with Crippen LogP contribution in [-0.4, -0.2) is 5.51 Å². The molecule has 0 aliphatic heterocycles. The number of hydrogen-bond donors (Lipinski definition) is 1. The Morgan fingerprint density at radius 2 is 1.71 bits per heavy atom. The third-order valence-electron chi connectivity index (χ3n) is 2.51. The Bertz CT molecular complexity index is 593. The van der Waals surface area contributed by atoms with Crippen LogP contribution in [0, 0.1) is 5.82 Å². The molecule has 0 aromatic heterocycles. The molecule has 0 radical (unpaired) electrons. The lowest BCUT2D eigenvalue weighted by molar-refractivity contribution is -0.0328. The SMILES string of the molecule is Fc1cc(Cl)cc(CNc2ccc(SC(F)(F)F)cc2)c1. The molecule has 0 spiro atoms. The lowest BCUT2D eigenvalue weighted by atomic mass is 10.2. The molecule has 0 atom stereocenters. The van der Waals surface area contributed by atoms with E-state index in [1.807, 2.05) is 0 Å². The summed E-state index contributed by atoms with van der Waals surface area (Å²) in [5, 5.41) is 3.28. The van der Waals surface area contributed by atoms with Gasteiger partial charge in [-0.05, 0) is 59.8 Å². The van der Waals surface area contributed by atoms with E-state index in [0.29, 0.717) is 22.8 Å². The second-order valence-electron chi connectivity index (χ2n) is 4.20. The van der Waals surface area contributed by atoms with E-state index in [1.165, 1.54) is 36.4 Å². The quantitative estimate of drug-likeness (QED) is 0.568. The Hall–Kier alpha value is -1.40. The zero-order valence-corrected chi connectivity index (χ0v) is 12.1. The summed E-state index contributed by atoms with van der Waals surface area (Å²) in [5.41, 5.74) is -3.01. The van der Waals surface area contributed by atoms with Crippen LogP contribution in [0.15, 0.2) is 47.4 Å². The fourth-order valence-corrected chi connectivity index (χ4v) is 2.48. The highest BCUT2D eigenvalue weighted by molar-refractivity contribution is 8.00. The molecule has 2 aromatic rings. The van der Waals surface area contributed by atoms with Crippen LogP contribution in [0.1, 0.15) is 5.56 Å². The fraction of sp³-hybridized carbons (Fsp3) is 0.143. The maximum atomic E-state index is 13.1. The Balaban J connectivity index is 1.97. The van der Waals surface area contributed by atoms with E-state index in [-0.39, 0.29) is 16.7 Å². The van der Waals surface area contributed by atoms with E-state index in [2.05, 4.69) is 5.32 Å². The van der Waals surface area contributed by atoms with Crippen molar-refractivity contribution in [2.75, 3.05) is 5.32 Å². The van der Waals surface area contributed by atoms with Crippen LogP contribution in [-0.2, 0) is 6.54 Å². The molecule has 1 nitrogen and oxygen atoms in total. The van der Waals surface area contributed by atoms with Gasteiger partial charge in [0.05, 0.1) is 0 Å². The molecule has 0 unspecified atom stereocenters. The molecular formula is C14H10ClF4NS. The first-order chi connectivity index (χ1) is 9.82. The van der Waals surface area contributed by atoms with Crippen LogP contribution in [0.4, 0.5) is 23.2 Å². The third kappa shape index (κ3) is 5.47. The highest BCUT2D eigenvalue weighted by Crippen LogP contribution is 2.37. The molecule has 0 amide bonds. The van der Waals surface area contributed by atoms with E-state index in [9.17, 15) is 17.6 Å². The molecule has 0 fully saturated rings. The Kier molecular flexibility index (Phi) is 5.00. The van der Waals surface area contributed by atoms with E-state index in [4.69, 9.17) is 11.6 Å². The molecular weight excluding hydrogens is 326 g/mol. The first kappa shape index (κ1) is 16.0. The molecule has 1 N–H and O–H groups in total. The topological polar surface area (TPSA) is 12.0 Å². The zero-order valence-electron chi connectivity index (χ0n) is 10.5. The Morgan fingerprint density at radius 3 is 2.29 bits per heavy atom. The number of halogens is 5. The Labute approximate surface area is 128 Å². The van der Waals surface area contributed by atoms with E-state index < -0.39 is 11.3 Å². The molecule has 0 heterocycles. The normalized spacial score (nSPS) is 11.5. The summed E-state index contributed by atoms with van der Waals surface area (Å²) in [6.07, 6.45) is 0. The van der Waals surface area contributed by atoms with Gasteiger partial charge in [-0.3, -0.25) is 0 Å². The van der Waals surface area contributed by atoms with E-state index in [0.717, 1.165) is 0 Å². The summed E-state index contributed by atoms with van der Waals surface area (Å²) in [6.45, 7) is 0.323. The molecule has 2 aromatic carbocycles. The maximum Gasteiger partial charge on any atom is 0.446 e. The number of thioether (sulfide) groups is 1. The van der Waals surface area contributed by atoms with Crippen molar-refractivity contribution in [1.29, 1.82) is 0 Å². The largest absolute Gasteiger partial charge is 0.446 e. The minimum Gasteiger partial charge on any atom is -0.381 e. The maximum absolute atomic E-state index is 13.1. The minimum absolute atomic E-state index is 0.113. The molecule has 0 saturated carbocycles. The lowest BCUT2D eigenvalue weighted by Crippen LogP contribution is -2.01. The van der Waals surface area contributed by atoms with Gasteiger partial charge in [0, 0.05) is 22.2 Å². The van der Waals surface area contributed by atoms with Crippen molar-refractivity contribution in [3.63, 3.8) is 0 Å². The fourth-order valence-electron chi connectivity index (χ4n) is 1.69. The summed E-state index contributed by atoms with van der Waals surface area (Å²) in [6, 6.07) is 9.98. The van der Waals surface area contributed by atoms with Gasteiger partial charge in [0.1, 0.15) is 5.82 Å². The first-order valence-electron chi connectivity index (χ1n) is 5.86. The van der Waals surface area contributed by atoms with Crippen LogP contribution >= 0.6 is 23.4 Å². The highest BCUT2D eigenvalue weighted by Gasteiger charge is 2.28. The first-order valence-corrected chi connectivity index (χ1v) is 7.06. The van der Waals surface area contributed by atoms with Crippen molar-refractivity contribution in [3.05, 3.63) is 58.9 Å². The average Bonchev–Trinajstić information content (AvgIpc) is 2.35. The van der Waals surface area contributed by atoms with Gasteiger partial charge < -0.3 is 5.32 Å². The smallest absolute Gasteiger partial charge is 0.381 e. The van der Waals surface area contributed by atoms with Crippen LogP contribution in [0.3, 0.4) is 0 Å². The zero-order chi connectivity index (χ0) is 15.5. The molecule has 0 bridgehead atoms. The van der Waals surface area contributed by atoms with Gasteiger partial charge in [-0.1, -0.05) is 11.6 Å². The average molecular weight is 336 g/mol. The van der Waals surface area contributed by atoms with Gasteiger partial charge in [-0.2, -0.15) is 13.2 Å². The molecule has 7 heteroatoms. The Morgan fingerprint density at radius 1 is 1.05 bits per heavy atom. The van der Waals surface area contributed by atoms with Gasteiger partial charge in [-0.15, -0.1) is 0 Å². The van der Waals surface area contributed by atoms with Crippen molar-refractivity contribution in [2.24, 2.45) is 0 Å². The predicted molar refractivity (Wildman–Crippen MR) is 77.1 cm³/mol. The van der Waals surface area contributed by atoms with Crippen LogP contribution in [0.2, 0.25) is 5.02 Å². The molecule has 2 rings (SSSR count). The van der Waals surface area contributed by atoms with Crippen molar-refractivity contribution >= 4 is 29.1 Å². The highest BCUT2D eigenvalue weighted by atomic mass is 35.5.